The quantitative estimate of drug-likeness (QED) is 0.333. The Morgan fingerprint density at radius 1 is 1.44 bits per heavy atom. The summed E-state index contributed by atoms with van der Waals surface area (Å²) in [5.41, 5.74) is 0.388. The number of carbonyl (C=O) groups excluding carboxylic acids is 1. The lowest BCUT2D eigenvalue weighted by molar-refractivity contribution is -0.384. The lowest BCUT2D eigenvalue weighted by Crippen LogP contribution is -2.16. The molecule has 2 rings (SSSR count). The molecular formula is C15H16N4O5S. The van der Waals surface area contributed by atoms with Gasteiger partial charge in [0.2, 0.25) is 5.91 Å². The highest BCUT2D eigenvalue weighted by Gasteiger charge is 2.14. The van der Waals surface area contributed by atoms with Gasteiger partial charge >= 0.3 is 0 Å². The zero-order valence-corrected chi connectivity index (χ0v) is 14.4. The van der Waals surface area contributed by atoms with E-state index in [1.165, 1.54) is 31.4 Å². The van der Waals surface area contributed by atoms with Crippen LogP contribution in [0.2, 0.25) is 0 Å². The van der Waals surface area contributed by atoms with E-state index in [2.05, 4.69) is 15.3 Å². The molecule has 0 aliphatic heterocycles. The van der Waals surface area contributed by atoms with Crippen LogP contribution in [0.1, 0.15) is 12.6 Å². The number of nitrogens with one attached hydrogen (secondary N) is 2. The van der Waals surface area contributed by atoms with Gasteiger partial charge in [-0.3, -0.25) is 19.7 Å². The van der Waals surface area contributed by atoms with Gasteiger partial charge in [0.15, 0.2) is 5.16 Å². The summed E-state index contributed by atoms with van der Waals surface area (Å²) in [5.74, 6) is -0.126. The number of H-pyrrole nitrogens is 1. The van der Waals surface area contributed by atoms with Crippen LogP contribution >= 0.6 is 11.8 Å². The number of amides is 1. The maximum atomic E-state index is 12.1. The van der Waals surface area contributed by atoms with Gasteiger partial charge in [-0.15, -0.1) is 0 Å². The number of nitro benzene ring substituents is 1. The number of ether oxygens (including phenoxy) is 1. The van der Waals surface area contributed by atoms with Crippen LogP contribution in [0.5, 0.6) is 5.75 Å². The number of nitrogens with zero attached hydrogens (tertiary/aromatic N) is 2. The molecule has 0 radical (unpaired) electrons. The van der Waals surface area contributed by atoms with Crippen molar-refractivity contribution in [3.8, 4) is 5.75 Å². The number of aromatic amines is 1. The third-order valence-corrected chi connectivity index (χ3v) is 4.02. The summed E-state index contributed by atoms with van der Waals surface area (Å²) < 4.78 is 5.09. The van der Waals surface area contributed by atoms with Gasteiger partial charge < -0.3 is 15.0 Å². The van der Waals surface area contributed by atoms with Gasteiger partial charge in [-0.05, 0) is 12.5 Å². The molecule has 0 aliphatic rings. The average molecular weight is 364 g/mol. The standard InChI is InChI=1S/C15H16N4O5S/c1-3-9-6-13(20)18-15(16-9)25-8-14(21)17-11-7-10(19(22)23)4-5-12(11)24-2/h4-7H,3,8H2,1-2H3,(H,17,21)(H,16,18,20). The number of non-ortho nitro benzene ring substituents is 1. The molecule has 1 aromatic heterocycles. The number of anilines is 1. The number of methoxy groups -OCH3 is 1. The molecule has 0 saturated heterocycles. The van der Waals surface area contributed by atoms with Crippen LogP contribution in [0.15, 0.2) is 34.2 Å². The Morgan fingerprint density at radius 2 is 2.20 bits per heavy atom. The molecule has 0 saturated carbocycles. The van der Waals surface area contributed by atoms with E-state index in [4.69, 9.17) is 4.74 Å². The number of benzene rings is 1. The fourth-order valence-electron chi connectivity index (χ4n) is 1.96. The first kappa shape index (κ1) is 18.5. The Bertz CT molecular complexity index is 852. The fourth-order valence-corrected chi connectivity index (χ4v) is 2.65. The molecular weight excluding hydrogens is 348 g/mol. The van der Waals surface area contributed by atoms with Gasteiger partial charge in [0, 0.05) is 23.9 Å². The van der Waals surface area contributed by atoms with E-state index in [-0.39, 0.29) is 22.7 Å². The molecule has 1 aromatic carbocycles. The summed E-state index contributed by atoms with van der Waals surface area (Å²) in [6.07, 6.45) is 0.606. The third-order valence-electron chi connectivity index (χ3n) is 3.14. The highest BCUT2D eigenvalue weighted by Crippen LogP contribution is 2.29. The number of aryl methyl sites for hydroxylation is 1. The predicted octanol–water partition coefficient (Wildman–Crippen LogP) is 1.98. The van der Waals surface area contributed by atoms with E-state index >= 15 is 0 Å². The summed E-state index contributed by atoms with van der Waals surface area (Å²) in [7, 11) is 1.40. The molecule has 0 spiro atoms. The van der Waals surface area contributed by atoms with Crippen LogP contribution in [0, 0.1) is 10.1 Å². The first-order valence-corrected chi connectivity index (χ1v) is 8.26. The van der Waals surface area contributed by atoms with Gasteiger partial charge in [0.25, 0.3) is 11.2 Å². The molecule has 1 amide bonds. The normalized spacial score (nSPS) is 10.3. The number of thioether (sulfide) groups is 1. The van der Waals surface area contributed by atoms with Crippen molar-refractivity contribution in [1.29, 1.82) is 0 Å². The predicted molar refractivity (Wildman–Crippen MR) is 93.2 cm³/mol. The molecule has 0 fully saturated rings. The molecule has 1 heterocycles. The van der Waals surface area contributed by atoms with Crippen LogP contribution in [0.3, 0.4) is 0 Å². The molecule has 25 heavy (non-hydrogen) atoms. The smallest absolute Gasteiger partial charge is 0.271 e. The SMILES string of the molecule is CCc1cc(=O)[nH]c(SCC(=O)Nc2cc([N+](=O)[O-])ccc2OC)n1. The highest BCUT2D eigenvalue weighted by atomic mass is 32.2. The Morgan fingerprint density at radius 3 is 2.84 bits per heavy atom. The second-order valence-electron chi connectivity index (χ2n) is 4.87. The van der Waals surface area contributed by atoms with Crippen LogP contribution in [-0.2, 0) is 11.2 Å². The number of hydrogen-bond donors (Lipinski definition) is 2. The third kappa shape index (κ3) is 5.05. The fraction of sp³-hybridized carbons (Fsp3) is 0.267. The minimum absolute atomic E-state index is 0.0258. The maximum absolute atomic E-state index is 12.1. The lowest BCUT2D eigenvalue weighted by Gasteiger charge is -2.09. The molecule has 0 unspecified atom stereocenters. The van der Waals surface area contributed by atoms with Crippen LogP contribution in [0.4, 0.5) is 11.4 Å². The number of nitro groups is 1. The van der Waals surface area contributed by atoms with Crippen LogP contribution in [-0.4, -0.2) is 33.7 Å². The Kier molecular flexibility index (Phi) is 6.12. The minimum atomic E-state index is -0.561. The van der Waals surface area contributed by atoms with Crippen molar-refractivity contribution in [2.45, 2.75) is 18.5 Å². The second-order valence-corrected chi connectivity index (χ2v) is 5.84. The number of carbonyl (C=O) groups is 1. The van der Waals surface area contributed by atoms with Crippen molar-refractivity contribution >= 4 is 29.0 Å². The van der Waals surface area contributed by atoms with E-state index in [1.54, 1.807) is 0 Å². The van der Waals surface area contributed by atoms with E-state index in [1.807, 2.05) is 6.92 Å². The monoisotopic (exact) mass is 364 g/mol. The summed E-state index contributed by atoms with van der Waals surface area (Å²) in [6, 6.07) is 5.32. The van der Waals surface area contributed by atoms with E-state index < -0.39 is 10.8 Å². The highest BCUT2D eigenvalue weighted by molar-refractivity contribution is 7.99. The van der Waals surface area contributed by atoms with Crippen molar-refractivity contribution in [1.82, 2.24) is 9.97 Å². The lowest BCUT2D eigenvalue weighted by atomic mass is 10.2. The van der Waals surface area contributed by atoms with Crippen molar-refractivity contribution in [3.05, 3.63) is 50.4 Å². The summed E-state index contributed by atoms with van der Waals surface area (Å²) >= 11 is 1.06. The molecule has 132 valence electrons. The Hall–Kier alpha value is -2.88. The summed E-state index contributed by atoms with van der Waals surface area (Å²) in [6.45, 7) is 1.87. The number of rotatable bonds is 7. The molecule has 2 N–H and O–H groups in total. The van der Waals surface area contributed by atoms with Gasteiger partial charge in [0.1, 0.15) is 5.75 Å². The second kappa shape index (κ2) is 8.29. The molecule has 2 aromatic rings. The maximum Gasteiger partial charge on any atom is 0.271 e. The minimum Gasteiger partial charge on any atom is -0.495 e. The first-order valence-electron chi connectivity index (χ1n) is 7.28. The van der Waals surface area contributed by atoms with E-state index in [9.17, 15) is 19.7 Å². The largest absolute Gasteiger partial charge is 0.495 e. The Labute approximate surface area is 147 Å². The van der Waals surface area contributed by atoms with Crippen molar-refractivity contribution < 1.29 is 14.5 Å². The zero-order chi connectivity index (χ0) is 18.4. The molecule has 9 nitrogen and oxygen atoms in total. The Balaban J connectivity index is 2.07. The zero-order valence-electron chi connectivity index (χ0n) is 13.6. The summed E-state index contributed by atoms with van der Waals surface area (Å²) in [4.78, 5) is 40.7. The van der Waals surface area contributed by atoms with Crippen molar-refractivity contribution in [2.24, 2.45) is 0 Å². The van der Waals surface area contributed by atoms with Gasteiger partial charge in [-0.25, -0.2) is 4.98 Å². The van der Waals surface area contributed by atoms with Gasteiger partial charge in [0.05, 0.1) is 23.5 Å². The number of hydrogen-bond acceptors (Lipinski definition) is 7. The van der Waals surface area contributed by atoms with Crippen LogP contribution < -0.4 is 15.6 Å². The molecule has 10 heteroatoms. The van der Waals surface area contributed by atoms with Crippen LogP contribution in [0.25, 0.3) is 0 Å². The first-order chi connectivity index (χ1) is 11.9. The average Bonchev–Trinajstić information content (AvgIpc) is 2.59. The molecule has 0 atom stereocenters. The van der Waals surface area contributed by atoms with Crippen molar-refractivity contribution in [2.75, 3.05) is 18.2 Å². The molecule has 0 bridgehead atoms. The number of aromatic nitrogens is 2. The summed E-state index contributed by atoms with van der Waals surface area (Å²) in [5, 5.41) is 13.7. The van der Waals surface area contributed by atoms with Crippen molar-refractivity contribution in [3.63, 3.8) is 0 Å². The van der Waals surface area contributed by atoms with E-state index in [0.717, 1.165) is 11.8 Å². The topological polar surface area (TPSA) is 127 Å². The van der Waals surface area contributed by atoms with E-state index in [0.29, 0.717) is 23.0 Å². The van der Waals surface area contributed by atoms with Gasteiger partial charge in [-0.1, -0.05) is 18.7 Å². The van der Waals surface area contributed by atoms with Gasteiger partial charge in [-0.2, -0.15) is 0 Å². The molecule has 0 aliphatic carbocycles.